The first kappa shape index (κ1) is 15.8. The predicted octanol–water partition coefficient (Wildman–Crippen LogP) is -1.14. The van der Waals surface area contributed by atoms with E-state index in [4.69, 9.17) is 15.3 Å². The molecule has 1 atom stereocenters. The number of carboxylic acid groups (broad SMARTS) is 2. The summed E-state index contributed by atoms with van der Waals surface area (Å²) in [6.45, 7) is -0.253. The molecule has 5 N–H and O–H groups in total. The Morgan fingerprint density at radius 1 is 1.35 bits per heavy atom. The molecular weight excluding hydrogens is 228 g/mol. The smallest absolute Gasteiger partial charge is 0.323 e. The summed E-state index contributed by atoms with van der Waals surface area (Å²) < 4.78 is 0. The summed E-state index contributed by atoms with van der Waals surface area (Å²) in [5.74, 6) is -1.79. The number of hydrogen-bond donors (Lipinski definition) is 5. The van der Waals surface area contributed by atoms with Gasteiger partial charge in [-0.3, -0.25) is 9.59 Å². The Hall–Kier alpha value is -1.18. The highest BCUT2D eigenvalue weighted by Crippen LogP contribution is 2.17. The molecule has 7 heteroatoms. The predicted molar refractivity (Wildman–Crippen MR) is 60.8 cm³/mol. The van der Waals surface area contributed by atoms with Gasteiger partial charge in [-0.15, -0.1) is 0 Å². The number of aliphatic hydroxyl groups excluding tert-OH is 1. The molecule has 0 unspecified atom stereocenters. The van der Waals surface area contributed by atoms with Crippen molar-refractivity contribution in [2.75, 3.05) is 20.2 Å². The summed E-state index contributed by atoms with van der Waals surface area (Å²) >= 11 is 0. The van der Waals surface area contributed by atoms with Crippen molar-refractivity contribution in [1.82, 2.24) is 10.6 Å². The first-order valence-corrected chi connectivity index (χ1v) is 5.47. The molecule has 0 radical (unpaired) electrons. The Bertz CT molecular complexity index is 239. The maximum atomic E-state index is 9.98. The minimum Gasteiger partial charge on any atom is -0.480 e. The normalized spacial score (nSPS) is 16.4. The van der Waals surface area contributed by atoms with E-state index in [1.54, 1.807) is 0 Å². The van der Waals surface area contributed by atoms with Gasteiger partial charge in [0.15, 0.2) is 0 Å². The van der Waals surface area contributed by atoms with E-state index in [1.165, 1.54) is 13.5 Å². The molecule has 0 heterocycles. The molecule has 1 aliphatic rings. The molecule has 17 heavy (non-hydrogen) atoms. The van der Waals surface area contributed by atoms with Crippen molar-refractivity contribution in [1.29, 1.82) is 0 Å². The van der Waals surface area contributed by atoms with E-state index >= 15 is 0 Å². The Kier molecular flexibility index (Phi) is 8.29. The lowest BCUT2D eigenvalue weighted by atomic mass is 9.93. The molecule has 1 saturated carbocycles. The van der Waals surface area contributed by atoms with Gasteiger partial charge in [-0.1, -0.05) is 6.42 Å². The lowest BCUT2D eigenvalue weighted by Crippen LogP contribution is -2.38. The number of hydrogen-bond acceptors (Lipinski definition) is 5. The second kappa shape index (κ2) is 8.91. The zero-order chi connectivity index (χ0) is 13.3. The fourth-order valence-corrected chi connectivity index (χ4v) is 1.14. The first-order chi connectivity index (χ1) is 8.01. The van der Waals surface area contributed by atoms with Gasteiger partial charge < -0.3 is 26.0 Å². The Morgan fingerprint density at radius 2 is 1.94 bits per heavy atom. The van der Waals surface area contributed by atoms with Crippen molar-refractivity contribution in [3.63, 3.8) is 0 Å². The van der Waals surface area contributed by atoms with Crippen molar-refractivity contribution in [3.8, 4) is 0 Å². The molecule has 7 nitrogen and oxygen atoms in total. The number of carbonyl (C=O) groups is 2. The van der Waals surface area contributed by atoms with Crippen molar-refractivity contribution < 1.29 is 24.9 Å². The van der Waals surface area contributed by atoms with Gasteiger partial charge in [0, 0.05) is 6.04 Å². The second-order valence-corrected chi connectivity index (χ2v) is 3.76. The number of nitrogens with one attached hydrogen (secondary N) is 2. The van der Waals surface area contributed by atoms with Crippen LogP contribution in [0, 0.1) is 0 Å². The average molecular weight is 248 g/mol. The van der Waals surface area contributed by atoms with E-state index in [-0.39, 0.29) is 13.2 Å². The van der Waals surface area contributed by atoms with Crippen LogP contribution >= 0.6 is 0 Å². The molecule has 0 spiro atoms. The highest BCUT2D eigenvalue weighted by atomic mass is 16.4. The van der Waals surface area contributed by atoms with Gasteiger partial charge in [0.05, 0.1) is 13.2 Å². The van der Waals surface area contributed by atoms with Crippen molar-refractivity contribution >= 4 is 11.9 Å². The van der Waals surface area contributed by atoms with Crippen LogP contribution in [-0.2, 0) is 9.59 Å². The zero-order valence-electron chi connectivity index (χ0n) is 9.85. The molecule has 0 aromatic carbocycles. The third-order valence-electron chi connectivity index (χ3n) is 2.48. The maximum Gasteiger partial charge on any atom is 0.323 e. The van der Waals surface area contributed by atoms with Crippen molar-refractivity contribution in [2.45, 2.75) is 31.3 Å². The van der Waals surface area contributed by atoms with Crippen LogP contribution < -0.4 is 10.6 Å². The molecule has 1 fully saturated rings. The van der Waals surface area contributed by atoms with Crippen LogP contribution in [0.1, 0.15) is 19.3 Å². The molecule has 0 saturated heterocycles. The zero-order valence-corrected chi connectivity index (χ0v) is 9.85. The summed E-state index contributed by atoms with van der Waals surface area (Å²) in [5, 5.41) is 29.9. The van der Waals surface area contributed by atoms with Crippen LogP contribution in [0.15, 0.2) is 0 Å². The molecule has 0 bridgehead atoms. The fraction of sp³-hybridized carbons (Fsp3) is 0.800. The minimum absolute atomic E-state index is 0.116. The average Bonchev–Trinajstić information content (AvgIpc) is 2.17. The van der Waals surface area contributed by atoms with E-state index in [9.17, 15) is 9.59 Å². The third-order valence-corrected chi connectivity index (χ3v) is 2.48. The van der Waals surface area contributed by atoms with E-state index < -0.39 is 18.0 Å². The number of aliphatic carboxylic acids is 2. The van der Waals surface area contributed by atoms with E-state index in [0.717, 1.165) is 12.8 Å². The van der Waals surface area contributed by atoms with Crippen LogP contribution in [0.4, 0.5) is 0 Å². The Labute approximate surface area is 99.8 Å². The molecule has 0 aromatic heterocycles. The number of aliphatic hydroxyl groups is 1. The lowest BCUT2D eigenvalue weighted by molar-refractivity contribution is -0.140. The molecule has 1 rings (SSSR count). The highest BCUT2D eigenvalue weighted by molar-refractivity contribution is 5.73. The Morgan fingerprint density at radius 3 is 2.12 bits per heavy atom. The topological polar surface area (TPSA) is 119 Å². The maximum absolute atomic E-state index is 9.98. The van der Waals surface area contributed by atoms with Crippen LogP contribution in [0.2, 0.25) is 0 Å². The van der Waals surface area contributed by atoms with Gasteiger partial charge in [-0.25, -0.2) is 0 Å². The van der Waals surface area contributed by atoms with Crippen molar-refractivity contribution in [2.24, 2.45) is 0 Å². The summed E-state index contributed by atoms with van der Waals surface area (Å²) in [6.07, 6.45) is 3.54. The van der Waals surface area contributed by atoms with Gasteiger partial charge in [-0.05, 0) is 19.9 Å². The van der Waals surface area contributed by atoms with Gasteiger partial charge in [0.25, 0.3) is 0 Å². The molecule has 0 aromatic rings. The Balaban J connectivity index is 0.000000304. The van der Waals surface area contributed by atoms with Crippen LogP contribution in [0.25, 0.3) is 0 Å². The van der Waals surface area contributed by atoms with Crippen LogP contribution in [0.3, 0.4) is 0 Å². The van der Waals surface area contributed by atoms with E-state index in [0.29, 0.717) is 6.04 Å². The van der Waals surface area contributed by atoms with Crippen LogP contribution in [0.5, 0.6) is 0 Å². The van der Waals surface area contributed by atoms with Gasteiger partial charge in [0.2, 0.25) is 0 Å². The summed E-state index contributed by atoms with van der Waals surface area (Å²) in [7, 11) is 1.48. The molecule has 1 aliphatic carbocycles. The number of carboxylic acids is 2. The third kappa shape index (κ3) is 7.67. The lowest BCUT2D eigenvalue weighted by Gasteiger charge is -2.25. The quantitative estimate of drug-likeness (QED) is 0.403. The molecular formula is C10H20N2O5. The van der Waals surface area contributed by atoms with E-state index in [1.807, 2.05) is 0 Å². The van der Waals surface area contributed by atoms with E-state index in [2.05, 4.69) is 10.6 Å². The summed E-state index contributed by atoms with van der Waals surface area (Å²) in [4.78, 5) is 19.9. The minimum atomic E-state index is -1.03. The summed E-state index contributed by atoms with van der Waals surface area (Å²) in [6, 6.07) is -0.337. The molecule has 0 aliphatic heterocycles. The number of likely N-dealkylation sites (N-methyl/N-ethyl adjacent to an activating group) is 1. The van der Waals surface area contributed by atoms with Gasteiger partial charge in [-0.2, -0.15) is 0 Å². The molecule has 0 amide bonds. The largest absolute Gasteiger partial charge is 0.480 e. The molecule has 100 valence electrons. The van der Waals surface area contributed by atoms with Crippen molar-refractivity contribution in [3.05, 3.63) is 0 Å². The van der Waals surface area contributed by atoms with Gasteiger partial charge in [0.1, 0.15) is 6.04 Å². The highest BCUT2D eigenvalue weighted by Gasteiger charge is 2.16. The summed E-state index contributed by atoms with van der Waals surface area (Å²) in [5.41, 5.74) is 0. The fourth-order valence-electron chi connectivity index (χ4n) is 1.14. The SMILES string of the molecule is CN[C@@H](CO)C(=O)O.O=C(O)CNC1CCC1. The van der Waals surface area contributed by atoms with Gasteiger partial charge >= 0.3 is 11.9 Å². The second-order valence-electron chi connectivity index (χ2n) is 3.76. The first-order valence-electron chi connectivity index (χ1n) is 5.47. The standard InChI is InChI=1S/C6H11NO2.C4H9NO3/c8-6(9)4-7-5-2-1-3-5;1-5-3(2-6)4(7)8/h5,7H,1-4H2,(H,8,9);3,5-6H,2H2,1H3,(H,7,8)/t;3-/m.0/s1. The van der Waals surface area contributed by atoms with Crippen LogP contribution in [-0.4, -0.2) is 59.5 Å². The number of rotatable bonds is 6. The monoisotopic (exact) mass is 248 g/mol.